The molecule has 61 valence electrons. The summed E-state index contributed by atoms with van der Waals surface area (Å²) in [5.41, 5.74) is 5.64. The zero-order valence-corrected chi connectivity index (χ0v) is 6.35. The molecule has 0 spiro atoms. The first-order chi connectivity index (χ1) is 5.68. The number of aryl methyl sites for hydroxylation is 1. The molecule has 0 atom stereocenters. The van der Waals surface area contributed by atoms with Gasteiger partial charge in [0, 0.05) is 7.05 Å². The molecule has 0 bridgehead atoms. The third-order valence-corrected chi connectivity index (χ3v) is 1.56. The predicted molar refractivity (Wildman–Crippen MR) is 41.0 cm³/mol. The smallest absolute Gasteiger partial charge is 0.300 e. The van der Waals surface area contributed by atoms with Gasteiger partial charge in [0.25, 0.3) is 0 Å². The van der Waals surface area contributed by atoms with Crippen LogP contribution in [-0.4, -0.2) is 21.4 Å². The number of carbonyl (C=O) groups is 1. The molecule has 1 aromatic rings. The fraction of sp³-hybridized carbons (Fsp3) is 0.167. The van der Waals surface area contributed by atoms with Gasteiger partial charge in [0.2, 0.25) is 5.96 Å². The third-order valence-electron chi connectivity index (χ3n) is 1.56. The number of rotatable bonds is 0. The van der Waals surface area contributed by atoms with Gasteiger partial charge in [-0.2, -0.15) is 10.3 Å². The van der Waals surface area contributed by atoms with Gasteiger partial charge in [0.15, 0.2) is 11.5 Å². The lowest BCUT2D eigenvalue weighted by atomic mass is 10.3. The molecular formula is C6H6N5O. The lowest BCUT2D eigenvalue weighted by molar-refractivity contribution is 0.0964. The van der Waals surface area contributed by atoms with Crippen LogP contribution in [0.4, 0.5) is 5.82 Å². The minimum atomic E-state index is -0.391. The molecule has 1 amide bonds. The Morgan fingerprint density at radius 2 is 2.33 bits per heavy atom. The van der Waals surface area contributed by atoms with Gasteiger partial charge in [0.05, 0.1) is 6.33 Å². The van der Waals surface area contributed by atoms with Crippen LogP contribution in [0.3, 0.4) is 0 Å². The molecule has 0 saturated heterocycles. The molecule has 2 N–H and O–H groups in total. The molecule has 6 heteroatoms. The number of nitrogens with zero attached hydrogens (tertiary/aromatic N) is 4. The molecule has 2 heterocycles. The SMILES string of the molecule is Cn1cnc2c1C(=O)[N]C(N)=N2. The Morgan fingerprint density at radius 1 is 1.58 bits per heavy atom. The minimum Gasteiger partial charge on any atom is -0.368 e. The summed E-state index contributed by atoms with van der Waals surface area (Å²) in [5, 5.41) is 3.49. The van der Waals surface area contributed by atoms with Crippen LogP contribution in [0.1, 0.15) is 10.5 Å². The number of hydrogen-bond acceptors (Lipinski definition) is 4. The molecule has 1 aliphatic rings. The van der Waals surface area contributed by atoms with Crippen LogP contribution >= 0.6 is 0 Å². The van der Waals surface area contributed by atoms with Crippen molar-refractivity contribution >= 4 is 17.7 Å². The molecular weight excluding hydrogens is 158 g/mol. The fourth-order valence-corrected chi connectivity index (χ4v) is 1.04. The quantitative estimate of drug-likeness (QED) is 0.540. The van der Waals surface area contributed by atoms with Crippen molar-refractivity contribution in [2.24, 2.45) is 17.8 Å². The molecule has 0 fully saturated rings. The highest BCUT2D eigenvalue weighted by Crippen LogP contribution is 2.18. The molecule has 1 aromatic heterocycles. The zero-order valence-electron chi connectivity index (χ0n) is 6.35. The Balaban J connectivity index is 2.65. The van der Waals surface area contributed by atoms with Crippen molar-refractivity contribution in [1.82, 2.24) is 14.9 Å². The Morgan fingerprint density at radius 3 is 3.08 bits per heavy atom. The molecule has 2 rings (SSSR count). The van der Waals surface area contributed by atoms with Crippen molar-refractivity contribution in [2.45, 2.75) is 0 Å². The molecule has 1 aliphatic heterocycles. The highest BCUT2D eigenvalue weighted by atomic mass is 16.2. The average molecular weight is 164 g/mol. The summed E-state index contributed by atoms with van der Waals surface area (Å²) in [7, 11) is 1.70. The van der Waals surface area contributed by atoms with Crippen molar-refractivity contribution in [1.29, 1.82) is 0 Å². The topological polar surface area (TPSA) is 87.4 Å². The summed E-state index contributed by atoms with van der Waals surface area (Å²) in [6, 6.07) is 0. The van der Waals surface area contributed by atoms with Crippen LogP contribution < -0.4 is 11.1 Å². The fourth-order valence-electron chi connectivity index (χ4n) is 1.04. The maximum Gasteiger partial charge on any atom is 0.300 e. The number of aliphatic imine (C=N–C) groups is 1. The number of fused-ring (bicyclic) bond motifs is 1. The van der Waals surface area contributed by atoms with Crippen molar-refractivity contribution in [3.8, 4) is 0 Å². The summed E-state index contributed by atoms with van der Waals surface area (Å²) in [6.45, 7) is 0. The van der Waals surface area contributed by atoms with E-state index in [0.717, 1.165) is 0 Å². The molecule has 0 aromatic carbocycles. The van der Waals surface area contributed by atoms with Crippen LogP contribution in [0.2, 0.25) is 0 Å². The third kappa shape index (κ3) is 0.777. The normalized spacial score (nSPS) is 15.1. The highest BCUT2D eigenvalue weighted by molar-refractivity contribution is 6.09. The lowest BCUT2D eigenvalue weighted by Crippen LogP contribution is -2.33. The van der Waals surface area contributed by atoms with Gasteiger partial charge < -0.3 is 10.3 Å². The zero-order chi connectivity index (χ0) is 8.72. The van der Waals surface area contributed by atoms with Gasteiger partial charge in [-0.15, -0.1) is 0 Å². The van der Waals surface area contributed by atoms with Gasteiger partial charge in [-0.25, -0.2) is 4.98 Å². The van der Waals surface area contributed by atoms with Crippen LogP contribution in [0.5, 0.6) is 0 Å². The maximum atomic E-state index is 11.2. The second-order valence-electron chi connectivity index (χ2n) is 2.41. The van der Waals surface area contributed by atoms with Gasteiger partial charge in [-0.3, -0.25) is 4.79 Å². The van der Waals surface area contributed by atoms with E-state index in [0.29, 0.717) is 11.5 Å². The molecule has 6 nitrogen and oxygen atoms in total. The number of amides is 1. The van der Waals surface area contributed by atoms with Gasteiger partial charge in [-0.1, -0.05) is 0 Å². The van der Waals surface area contributed by atoms with E-state index in [9.17, 15) is 4.79 Å². The molecule has 0 saturated carbocycles. The molecule has 12 heavy (non-hydrogen) atoms. The van der Waals surface area contributed by atoms with E-state index in [2.05, 4.69) is 15.3 Å². The monoisotopic (exact) mass is 164 g/mol. The van der Waals surface area contributed by atoms with Crippen molar-refractivity contribution in [2.75, 3.05) is 0 Å². The number of nitrogens with two attached hydrogens (primary N) is 1. The Labute approximate surface area is 68.1 Å². The first kappa shape index (κ1) is 6.84. The lowest BCUT2D eigenvalue weighted by Gasteiger charge is -2.06. The Bertz CT molecular complexity index is 377. The van der Waals surface area contributed by atoms with Crippen molar-refractivity contribution in [3.05, 3.63) is 12.0 Å². The van der Waals surface area contributed by atoms with E-state index in [1.807, 2.05) is 0 Å². The van der Waals surface area contributed by atoms with Gasteiger partial charge in [-0.05, 0) is 0 Å². The minimum absolute atomic E-state index is 0.0359. The second kappa shape index (κ2) is 2.07. The van der Waals surface area contributed by atoms with E-state index in [4.69, 9.17) is 5.73 Å². The first-order valence-corrected chi connectivity index (χ1v) is 3.30. The van der Waals surface area contributed by atoms with Crippen LogP contribution in [0.15, 0.2) is 11.3 Å². The summed E-state index contributed by atoms with van der Waals surface area (Å²) in [5.74, 6) is -0.0845. The number of guanidine groups is 1. The largest absolute Gasteiger partial charge is 0.368 e. The van der Waals surface area contributed by atoms with Gasteiger partial charge in [0.1, 0.15) is 0 Å². The standard InChI is InChI=1S/C6H6N5O/c1-11-2-8-4-3(11)5(12)10-6(7)9-4/h2H,1H3,(H2,7,9). The number of aromatic nitrogens is 2. The van der Waals surface area contributed by atoms with Crippen LogP contribution in [0, 0.1) is 0 Å². The van der Waals surface area contributed by atoms with Crippen LogP contribution in [-0.2, 0) is 7.05 Å². The average Bonchev–Trinajstić information content (AvgIpc) is 2.31. The van der Waals surface area contributed by atoms with Crippen LogP contribution in [0.25, 0.3) is 0 Å². The van der Waals surface area contributed by atoms with E-state index in [-0.39, 0.29) is 5.96 Å². The Kier molecular flexibility index (Phi) is 1.18. The predicted octanol–water partition coefficient (Wildman–Crippen LogP) is -0.876. The van der Waals surface area contributed by atoms with E-state index < -0.39 is 5.91 Å². The molecule has 0 aliphatic carbocycles. The first-order valence-electron chi connectivity index (χ1n) is 3.30. The van der Waals surface area contributed by atoms with Crippen molar-refractivity contribution < 1.29 is 4.79 Å². The molecule has 1 radical (unpaired) electrons. The summed E-state index contributed by atoms with van der Waals surface area (Å²) in [6.07, 6.45) is 1.50. The van der Waals surface area contributed by atoms with E-state index in [1.165, 1.54) is 6.33 Å². The summed E-state index contributed by atoms with van der Waals surface area (Å²) in [4.78, 5) is 18.9. The highest BCUT2D eigenvalue weighted by Gasteiger charge is 2.23. The van der Waals surface area contributed by atoms with Crippen molar-refractivity contribution in [3.63, 3.8) is 0 Å². The van der Waals surface area contributed by atoms with Gasteiger partial charge >= 0.3 is 5.91 Å². The number of carbonyl (C=O) groups excluding carboxylic acids is 1. The molecule has 0 unspecified atom stereocenters. The number of hydrogen-bond donors (Lipinski definition) is 1. The van der Waals surface area contributed by atoms with E-state index >= 15 is 0 Å². The summed E-state index contributed by atoms with van der Waals surface area (Å²) >= 11 is 0. The summed E-state index contributed by atoms with van der Waals surface area (Å²) < 4.78 is 1.57. The Hall–Kier alpha value is -1.85. The maximum absolute atomic E-state index is 11.2. The number of imidazole rings is 1. The van der Waals surface area contributed by atoms with E-state index in [1.54, 1.807) is 11.6 Å². The second-order valence-corrected chi connectivity index (χ2v) is 2.41.